The van der Waals surface area contributed by atoms with Crippen molar-refractivity contribution in [3.05, 3.63) is 53.8 Å². The Balaban J connectivity index is 1.88. The van der Waals surface area contributed by atoms with Crippen molar-refractivity contribution < 1.29 is 30.8 Å². The van der Waals surface area contributed by atoms with Crippen LogP contribution in [0.5, 0.6) is 0 Å². The molecular formula is C18H20FN3O6S2. The molecule has 0 spiro atoms. The molecule has 1 saturated heterocycles. The molecule has 0 bridgehead atoms. The first-order valence-electron chi connectivity index (χ1n) is 8.83. The number of nitrogens with zero attached hydrogens (tertiary/aromatic N) is 1. The lowest BCUT2D eigenvalue weighted by atomic mass is 10.1. The molecule has 1 aliphatic rings. The van der Waals surface area contributed by atoms with Crippen LogP contribution < -0.4 is 10.0 Å². The first kappa shape index (κ1) is 22.2. The molecule has 30 heavy (non-hydrogen) atoms. The largest absolute Gasteiger partial charge is 0.379 e. The Morgan fingerprint density at radius 3 is 2.40 bits per heavy atom. The minimum absolute atomic E-state index is 0.0184. The van der Waals surface area contributed by atoms with E-state index in [0.717, 1.165) is 22.7 Å². The van der Waals surface area contributed by atoms with Gasteiger partial charge in [-0.1, -0.05) is 12.1 Å². The number of ether oxygens (including phenoxy) is 1. The fourth-order valence-electron chi connectivity index (χ4n) is 2.87. The average molecular weight is 458 g/mol. The number of amides is 1. The summed E-state index contributed by atoms with van der Waals surface area (Å²) in [6.07, 6.45) is 0.949. The lowest BCUT2D eigenvalue weighted by Crippen LogP contribution is -2.40. The Labute approximate surface area is 173 Å². The van der Waals surface area contributed by atoms with E-state index >= 15 is 0 Å². The van der Waals surface area contributed by atoms with Gasteiger partial charge in [0, 0.05) is 18.8 Å². The second-order valence-corrected chi connectivity index (χ2v) is 10.2. The smallest absolute Gasteiger partial charge is 0.257 e. The maximum absolute atomic E-state index is 14.3. The monoisotopic (exact) mass is 457 g/mol. The predicted octanol–water partition coefficient (Wildman–Crippen LogP) is 1.47. The highest BCUT2D eigenvalue weighted by Gasteiger charge is 2.29. The molecule has 1 amide bonds. The van der Waals surface area contributed by atoms with Gasteiger partial charge in [0.05, 0.1) is 30.7 Å². The Hall–Kier alpha value is -2.54. The standard InChI is InChI=1S/C18H20FN3O6S2/c1-29(24,25)21-16-5-3-2-4-14(16)18(23)20-13-6-7-15(19)17(12-13)30(26,27)22-8-10-28-11-9-22/h2-7,12,21H,8-11H2,1H3,(H,20,23). The molecule has 1 heterocycles. The number of rotatable bonds is 6. The maximum atomic E-state index is 14.3. The van der Waals surface area contributed by atoms with Gasteiger partial charge in [0.25, 0.3) is 5.91 Å². The van der Waals surface area contributed by atoms with E-state index in [0.29, 0.717) is 0 Å². The topological polar surface area (TPSA) is 122 Å². The SMILES string of the molecule is CS(=O)(=O)Nc1ccccc1C(=O)Nc1ccc(F)c(S(=O)(=O)N2CCOCC2)c1. The van der Waals surface area contributed by atoms with Crippen molar-refractivity contribution in [2.75, 3.05) is 42.6 Å². The number of sulfonamides is 2. The van der Waals surface area contributed by atoms with Crippen LogP contribution in [-0.2, 0) is 24.8 Å². The molecule has 0 unspecified atom stereocenters. The highest BCUT2D eigenvalue weighted by Crippen LogP contribution is 2.25. The van der Waals surface area contributed by atoms with Crippen molar-refractivity contribution in [2.45, 2.75) is 4.90 Å². The highest BCUT2D eigenvalue weighted by atomic mass is 32.2. The normalized spacial score (nSPS) is 15.5. The number of hydrogen-bond donors (Lipinski definition) is 2. The molecule has 2 aromatic carbocycles. The fraction of sp³-hybridized carbons (Fsp3) is 0.278. The van der Waals surface area contributed by atoms with Gasteiger partial charge < -0.3 is 10.1 Å². The van der Waals surface area contributed by atoms with E-state index in [4.69, 9.17) is 4.74 Å². The van der Waals surface area contributed by atoms with Crippen molar-refractivity contribution in [3.8, 4) is 0 Å². The molecule has 1 fully saturated rings. The molecular weight excluding hydrogens is 437 g/mol. The van der Waals surface area contributed by atoms with Crippen molar-refractivity contribution in [1.82, 2.24) is 4.31 Å². The number of nitrogens with one attached hydrogen (secondary N) is 2. The van der Waals surface area contributed by atoms with Crippen molar-refractivity contribution in [3.63, 3.8) is 0 Å². The molecule has 2 aromatic rings. The minimum Gasteiger partial charge on any atom is -0.379 e. The number of anilines is 2. The second-order valence-electron chi connectivity index (χ2n) is 6.54. The second kappa shape index (κ2) is 8.68. The number of benzene rings is 2. The summed E-state index contributed by atoms with van der Waals surface area (Å²) in [5.41, 5.74) is 0.119. The van der Waals surface area contributed by atoms with E-state index in [9.17, 15) is 26.0 Å². The number of hydrogen-bond acceptors (Lipinski definition) is 6. The summed E-state index contributed by atoms with van der Waals surface area (Å²) < 4.78 is 71.3. The molecule has 0 saturated carbocycles. The molecule has 2 N–H and O–H groups in total. The van der Waals surface area contributed by atoms with E-state index in [1.807, 2.05) is 0 Å². The lowest BCUT2D eigenvalue weighted by molar-refractivity contribution is 0.0729. The van der Waals surface area contributed by atoms with Crippen molar-refractivity contribution in [1.29, 1.82) is 0 Å². The van der Waals surface area contributed by atoms with Gasteiger partial charge in [0.2, 0.25) is 20.0 Å². The maximum Gasteiger partial charge on any atom is 0.257 e. The van der Waals surface area contributed by atoms with Crippen LogP contribution >= 0.6 is 0 Å². The van der Waals surface area contributed by atoms with E-state index < -0.39 is 36.7 Å². The summed E-state index contributed by atoms with van der Waals surface area (Å²) in [6, 6.07) is 9.11. The van der Waals surface area contributed by atoms with Crippen molar-refractivity contribution in [2.24, 2.45) is 0 Å². The third-order valence-corrected chi connectivity index (χ3v) is 6.75. The summed E-state index contributed by atoms with van der Waals surface area (Å²) in [4.78, 5) is 12.1. The van der Waals surface area contributed by atoms with Crippen LogP contribution in [0.2, 0.25) is 0 Å². The van der Waals surface area contributed by atoms with Gasteiger partial charge in [-0.05, 0) is 30.3 Å². The number of carbonyl (C=O) groups excluding carboxylic acids is 1. The molecule has 9 nitrogen and oxygen atoms in total. The zero-order valence-electron chi connectivity index (χ0n) is 16.0. The molecule has 3 rings (SSSR count). The Morgan fingerprint density at radius 1 is 1.07 bits per heavy atom. The van der Waals surface area contributed by atoms with Gasteiger partial charge in [0.15, 0.2) is 0 Å². The molecule has 0 aromatic heterocycles. The average Bonchev–Trinajstić information content (AvgIpc) is 2.69. The first-order valence-corrected chi connectivity index (χ1v) is 12.2. The Morgan fingerprint density at radius 2 is 1.73 bits per heavy atom. The molecule has 0 aliphatic carbocycles. The van der Waals surface area contributed by atoms with Crippen LogP contribution in [0.15, 0.2) is 47.4 Å². The number of halogens is 1. The first-order chi connectivity index (χ1) is 14.1. The quantitative estimate of drug-likeness (QED) is 0.678. The summed E-state index contributed by atoms with van der Waals surface area (Å²) in [6.45, 7) is 0.620. The number of morpholine rings is 1. The van der Waals surface area contributed by atoms with Crippen LogP contribution in [-0.4, -0.2) is 59.6 Å². The van der Waals surface area contributed by atoms with Gasteiger partial charge in [0.1, 0.15) is 10.7 Å². The fourth-order valence-corrected chi connectivity index (χ4v) is 4.95. The zero-order valence-corrected chi connectivity index (χ0v) is 17.6. The van der Waals surface area contributed by atoms with Crippen molar-refractivity contribution >= 4 is 37.3 Å². The van der Waals surface area contributed by atoms with Crippen LogP contribution in [0, 0.1) is 5.82 Å². The summed E-state index contributed by atoms with van der Waals surface area (Å²) in [5.74, 6) is -1.64. The van der Waals surface area contributed by atoms with E-state index in [-0.39, 0.29) is 43.2 Å². The number of carbonyl (C=O) groups is 1. The third-order valence-electron chi connectivity index (χ3n) is 4.24. The minimum atomic E-state index is -4.11. The van der Waals surface area contributed by atoms with Gasteiger partial charge >= 0.3 is 0 Å². The van der Waals surface area contributed by atoms with Crippen LogP contribution in [0.3, 0.4) is 0 Å². The Bertz CT molecular complexity index is 1160. The molecule has 162 valence electrons. The predicted molar refractivity (Wildman–Crippen MR) is 109 cm³/mol. The van der Waals surface area contributed by atoms with Crippen LogP contribution in [0.25, 0.3) is 0 Å². The van der Waals surface area contributed by atoms with Gasteiger partial charge in [-0.15, -0.1) is 0 Å². The molecule has 1 aliphatic heterocycles. The molecule has 0 radical (unpaired) electrons. The molecule has 0 atom stereocenters. The Kier molecular flexibility index (Phi) is 6.41. The lowest BCUT2D eigenvalue weighted by Gasteiger charge is -2.26. The van der Waals surface area contributed by atoms with Gasteiger partial charge in [-0.3, -0.25) is 9.52 Å². The zero-order chi connectivity index (χ0) is 21.9. The van der Waals surface area contributed by atoms with Gasteiger partial charge in [-0.25, -0.2) is 21.2 Å². The summed E-state index contributed by atoms with van der Waals surface area (Å²) >= 11 is 0. The van der Waals surface area contributed by atoms with Crippen LogP contribution in [0.4, 0.5) is 15.8 Å². The van der Waals surface area contributed by atoms with E-state index in [1.165, 1.54) is 18.2 Å². The molecule has 12 heteroatoms. The van der Waals surface area contributed by atoms with E-state index in [1.54, 1.807) is 12.1 Å². The summed E-state index contributed by atoms with van der Waals surface area (Å²) in [5, 5.41) is 2.48. The van der Waals surface area contributed by atoms with E-state index in [2.05, 4.69) is 10.0 Å². The summed E-state index contributed by atoms with van der Waals surface area (Å²) in [7, 11) is -7.74. The highest BCUT2D eigenvalue weighted by molar-refractivity contribution is 7.92. The van der Waals surface area contributed by atoms with Crippen LogP contribution in [0.1, 0.15) is 10.4 Å². The third kappa shape index (κ3) is 5.14. The number of para-hydroxylation sites is 1. The van der Waals surface area contributed by atoms with Gasteiger partial charge in [-0.2, -0.15) is 4.31 Å².